The first-order valence-electron chi connectivity index (χ1n) is 14.4. The van der Waals surface area contributed by atoms with Crippen LogP contribution in [0.1, 0.15) is 57.9 Å². The van der Waals surface area contributed by atoms with Gasteiger partial charge in [0.05, 0.1) is 12.1 Å². The number of likely N-dealkylation sites (tertiary alicyclic amines) is 1. The van der Waals surface area contributed by atoms with Crippen LogP contribution in [0.2, 0.25) is 0 Å². The minimum absolute atomic E-state index is 0.0143. The largest absolute Gasteiger partial charge is 0.445 e. The molecule has 5 atom stereocenters. The second-order valence-electron chi connectivity index (χ2n) is 11.7. The Morgan fingerprint density at radius 1 is 1.05 bits per heavy atom. The van der Waals surface area contributed by atoms with Gasteiger partial charge in [0.25, 0.3) is 5.91 Å². The second-order valence-corrected chi connectivity index (χ2v) is 11.7. The van der Waals surface area contributed by atoms with Crippen LogP contribution in [0.4, 0.5) is 4.79 Å². The van der Waals surface area contributed by atoms with Gasteiger partial charge in [0.2, 0.25) is 17.7 Å². The molecule has 5 N–H and O–H groups in total. The third-order valence-corrected chi connectivity index (χ3v) is 7.67. The van der Waals surface area contributed by atoms with E-state index in [1.54, 1.807) is 0 Å². The topological polar surface area (TPSA) is 166 Å². The lowest BCUT2D eigenvalue weighted by Gasteiger charge is -2.32. The van der Waals surface area contributed by atoms with E-state index in [1.807, 2.05) is 44.2 Å². The van der Waals surface area contributed by atoms with Gasteiger partial charge in [-0.3, -0.25) is 19.2 Å². The van der Waals surface area contributed by atoms with Crippen LogP contribution >= 0.6 is 0 Å². The predicted octanol–water partition coefficient (Wildman–Crippen LogP) is 0.579. The summed E-state index contributed by atoms with van der Waals surface area (Å²) in [5.74, 6) is -1.98. The monoisotopic (exact) mass is 571 g/mol. The molecule has 2 aliphatic heterocycles. The molecule has 12 heteroatoms. The smallest absolute Gasteiger partial charge is 0.407 e. The van der Waals surface area contributed by atoms with E-state index < -0.39 is 48.1 Å². The highest BCUT2D eigenvalue weighted by Crippen LogP contribution is 2.23. The van der Waals surface area contributed by atoms with Crippen molar-refractivity contribution in [3.05, 3.63) is 35.9 Å². The van der Waals surface area contributed by atoms with Crippen LogP contribution in [0.25, 0.3) is 0 Å². The Balaban J connectivity index is 1.40. The standard InChI is InChI=1S/C29H41N5O7/c1-17(2)12-23(34-15-21(14-24(34)35)32-29(40)41-16-18-6-4-3-5-7-18)27(38)33-22(13-19-10-11-30-26(19)37)25(36)28(39)31-20-8-9-20/h3-7,17,19-23,25,36H,8-16H2,1-2H3,(H,30,37)(H,31,39)(H,32,40)(H,33,38)/t19-,21-,22-,23-,25+/m0/s1. The zero-order valence-electron chi connectivity index (χ0n) is 23.6. The van der Waals surface area contributed by atoms with Crippen molar-refractivity contribution in [2.75, 3.05) is 13.1 Å². The van der Waals surface area contributed by atoms with Crippen LogP contribution in [0.3, 0.4) is 0 Å². The second kappa shape index (κ2) is 13.8. The van der Waals surface area contributed by atoms with Gasteiger partial charge in [0, 0.05) is 31.5 Å². The molecule has 3 fully saturated rings. The summed E-state index contributed by atoms with van der Waals surface area (Å²) >= 11 is 0. The van der Waals surface area contributed by atoms with Crippen LogP contribution in [0, 0.1) is 11.8 Å². The van der Waals surface area contributed by atoms with Crippen LogP contribution in [-0.2, 0) is 30.5 Å². The molecule has 12 nitrogen and oxygen atoms in total. The lowest BCUT2D eigenvalue weighted by molar-refractivity contribution is -0.140. The number of hydrogen-bond acceptors (Lipinski definition) is 7. The summed E-state index contributed by atoms with van der Waals surface area (Å²) in [4.78, 5) is 65.5. The summed E-state index contributed by atoms with van der Waals surface area (Å²) in [5, 5.41) is 21.9. The van der Waals surface area contributed by atoms with Gasteiger partial charge in [-0.05, 0) is 43.6 Å². The molecule has 3 aliphatic rings. The van der Waals surface area contributed by atoms with Crippen molar-refractivity contribution in [3.63, 3.8) is 0 Å². The quantitative estimate of drug-likeness (QED) is 0.231. The number of alkyl carbamates (subject to hydrolysis) is 1. The van der Waals surface area contributed by atoms with Gasteiger partial charge in [-0.1, -0.05) is 44.2 Å². The molecule has 2 heterocycles. The maximum absolute atomic E-state index is 13.7. The number of carbonyl (C=O) groups is 5. The van der Waals surface area contributed by atoms with Gasteiger partial charge >= 0.3 is 6.09 Å². The number of nitrogens with one attached hydrogen (secondary N) is 4. The van der Waals surface area contributed by atoms with E-state index in [0.717, 1.165) is 18.4 Å². The van der Waals surface area contributed by atoms with Crippen LogP contribution in [-0.4, -0.2) is 83.1 Å². The van der Waals surface area contributed by atoms with Crippen molar-refractivity contribution >= 4 is 29.7 Å². The molecule has 4 rings (SSSR count). The van der Waals surface area contributed by atoms with Gasteiger partial charge in [0.1, 0.15) is 12.6 Å². The molecule has 0 bridgehead atoms. The van der Waals surface area contributed by atoms with E-state index in [4.69, 9.17) is 4.74 Å². The molecule has 224 valence electrons. The summed E-state index contributed by atoms with van der Waals surface area (Å²) in [7, 11) is 0. The zero-order chi connectivity index (χ0) is 29.5. The number of rotatable bonds is 13. The number of benzene rings is 1. The predicted molar refractivity (Wildman–Crippen MR) is 148 cm³/mol. The summed E-state index contributed by atoms with van der Waals surface area (Å²) in [5.41, 5.74) is 0.832. The Hall–Kier alpha value is -3.67. The molecule has 0 spiro atoms. The van der Waals surface area contributed by atoms with Crippen LogP contribution < -0.4 is 21.3 Å². The number of aliphatic hydroxyl groups excluding tert-OH is 1. The lowest BCUT2D eigenvalue weighted by Crippen LogP contribution is -2.57. The summed E-state index contributed by atoms with van der Waals surface area (Å²) in [6, 6.07) is 6.81. The lowest BCUT2D eigenvalue weighted by atomic mass is 9.93. The van der Waals surface area contributed by atoms with Crippen molar-refractivity contribution in [3.8, 4) is 0 Å². The maximum atomic E-state index is 13.7. The number of hydrogen-bond donors (Lipinski definition) is 5. The average Bonchev–Trinajstić information content (AvgIpc) is 3.55. The van der Waals surface area contributed by atoms with E-state index in [2.05, 4.69) is 21.3 Å². The zero-order valence-corrected chi connectivity index (χ0v) is 23.6. The van der Waals surface area contributed by atoms with E-state index in [9.17, 15) is 29.1 Å². The van der Waals surface area contributed by atoms with Crippen LogP contribution in [0.15, 0.2) is 30.3 Å². The van der Waals surface area contributed by atoms with Crippen LogP contribution in [0.5, 0.6) is 0 Å². The van der Waals surface area contributed by atoms with Crippen molar-refractivity contribution < 1.29 is 33.8 Å². The summed E-state index contributed by atoms with van der Waals surface area (Å²) < 4.78 is 5.28. The molecule has 0 radical (unpaired) electrons. The van der Waals surface area contributed by atoms with Crippen molar-refractivity contribution in [1.82, 2.24) is 26.2 Å². The summed E-state index contributed by atoms with van der Waals surface area (Å²) in [6.07, 6.45) is 0.455. The minimum Gasteiger partial charge on any atom is -0.445 e. The number of aliphatic hydroxyl groups is 1. The molecule has 5 amide bonds. The normalized spacial score (nSPS) is 22.6. The van der Waals surface area contributed by atoms with Crippen molar-refractivity contribution in [2.45, 2.75) is 89.3 Å². The minimum atomic E-state index is -1.55. The fraction of sp³-hybridized carbons (Fsp3) is 0.621. The Morgan fingerprint density at radius 2 is 1.78 bits per heavy atom. The Bertz CT molecular complexity index is 1110. The fourth-order valence-electron chi connectivity index (χ4n) is 5.30. The molecule has 1 saturated carbocycles. The first kappa shape index (κ1) is 30.3. The average molecular weight is 572 g/mol. The van der Waals surface area contributed by atoms with Gasteiger partial charge in [-0.25, -0.2) is 4.79 Å². The molecule has 0 aromatic heterocycles. The Labute approximate surface area is 239 Å². The third-order valence-electron chi connectivity index (χ3n) is 7.67. The van der Waals surface area contributed by atoms with Gasteiger partial charge in [0.15, 0.2) is 6.10 Å². The highest BCUT2D eigenvalue weighted by molar-refractivity contribution is 5.90. The first-order chi connectivity index (χ1) is 19.6. The summed E-state index contributed by atoms with van der Waals surface area (Å²) in [6.45, 7) is 4.55. The SMILES string of the molecule is CC(C)C[C@@H](C(=O)N[C@@H](C[C@@H]1CCNC1=O)[C@@H](O)C(=O)NC1CC1)N1C[C@@H](NC(=O)OCc2ccccc2)CC1=O. The third kappa shape index (κ3) is 8.66. The molecular weight excluding hydrogens is 530 g/mol. The number of amides is 5. The highest BCUT2D eigenvalue weighted by Gasteiger charge is 2.41. The Morgan fingerprint density at radius 3 is 2.41 bits per heavy atom. The maximum Gasteiger partial charge on any atom is 0.407 e. The van der Waals surface area contributed by atoms with E-state index in [1.165, 1.54) is 4.90 Å². The van der Waals surface area contributed by atoms with Gasteiger partial charge in [-0.15, -0.1) is 0 Å². The molecule has 2 saturated heterocycles. The molecule has 41 heavy (non-hydrogen) atoms. The number of nitrogens with zero attached hydrogens (tertiary/aromatic N) is 1. The molecule has 1 aliphatic carbocycles. The molecular formula is C29H41N5O7. The fourth-order valence-corrected chi connectivity index (χ4v) is 5.30. The molecule has 1 aromatic rings. The first-order valence-corrected chi connectivity index (χ1v) is 14.4. The van der Waals surface area contributed by atoms with E-state index in [-0.39, 0.29) is 49.8 Å². The number of carbonyl (C=O) groups excluding carboxylic acids is 5. The van der Waals surface area contributed by atoms with Crippen molar-refractivity contribution in [1.29, 1.82) is 0 Å². The molecule has 1 aromatic carbocycles. The van der Waals surface area contributed by atoms with E-state index in [0.29, 0.717) is 19.4 Å². The molecule has 0 unspecified atom stereocenters. The Kier molecular flexibility index (Phi) is 10.2. The number of ether oxygens (including phenoxy) is 1. The highest BCUT2D eigenvalue weighted by atomic mass is 16.5. The van der Waals surface area contributed by atoms with Gasteiger partial charge < -0.3 is 36.0 Å². The van der Waals surface area contributed by atoms with Crippen molar-refractivity contribution in [2.24, 2.45) is 11.8 Å². The van der Waals surface area contributed by atoms with Gasteiger partial charge in [-0.2, -0.15) is 0 Å². The van der Waals surface area contributed by atoms with E-state index >= 15 is 0 Å².